The van der Waals surface area contributed by atoms with Gasteiger partial charge in [0.2, 0.25) is 5.91 Å². The maximum absolute atomic E-state index is 12.4. The monoisotopic (exact) mass is 399 g/mol. The van der Waals surface area contributed by atoms with Crippen LogP contribution in [0.2, 0.25) is 0 Å². The molecule has 1 aliphatic heterocycles. The van der Waals surface area contributed by atoms with E-state index in [9.17, 15) is 14.4 Å². The summed E-state index contributed by atoms with van der Waals surface area (Å²) in [7, 11) is 3.07. The predicted molar refractivity (Wildman–Crippen MR) is 114 cm³/mol. The van der Waals surface area contributed by atoms with E-state index in [4.69, 9.17) is 0 Å². The van der Waals surface area contributed by atoms with Crippen molar-refractivity contribution in [3.63, 3.8) is 0 Å². The van der Waals surface area contributed by atoms with Gasteiger partial charge in [0, 0.05) is 69.3 Å². The highest BCUT2D eigenvalue weighted by molar-refractivity contribution is 5.91. The van der Waals surface area contributed by atoms with Gasteiger partial charge in [-0.05, 0) is 38.0 Å². The summed E-state index contributed by atoms with van der Waals surface area (Å²) < 4.78 is 2.46. The van der Waals surface area contributed by atoms with Crippen LogP contribution in [0.4, 0.5) is 11.4 Å². The fraction of sp³-hybridized carbons (Fsp3) is 0.476. The molecule has 0 aliphatic carbocycles. The second-order valence-corrected chi connectivity index (χ2v) is 7.69. The zero-order chi connectivity index (χ0) is 21.0. The Bertz CT molecular complexity index is 989. The number of aryl methyl sites for hydroxylation is 1. The van der Waals surface area contributed by atoms with Crippen molar-refractivity contribution in [1.29, 1.82) is 0 Å². The van der Waals surface area contributed by atoms with E-state index in [-0.39, 0.29) is 29.6 Å². The molecule has 1 aromatic heterocycles. The number of anilines is 2. The van der Waals surface area contributed by atoms with E-state index in [1.165, 1.54) is 30.7 Å². The first kappa shape index (κ1) is 20.9. The molecule has 0 bridgehead atoms. The van der Waals surface area contributed by atoms with Gasteiger partial charge >= 0.3 is 5.69 Å². The van der Waals surface area contributed by atoms with Crippen molar-refractivity contribution >= 4 is 17.3 Å². The molecule has 2 N–H and O–H groups in total. The zero-order valence-corrected chi connectivity index (χ0v) is 17.3. The Morgan fingerprint density at radius 3 is 2.62 bits per heavy atom. The predicted octanol–water partition coefficient (Wildman–Crippen LogP) is 1.19. The number of nitrogens with zero attached hydrogens (tertiary/aromatic N) is 3. The molecule has 0 saturated carbocycles. The minimum absolute atomic E-state index is 0.0862. The first-order valence-corrected chi connectivity index (χ1v) is 9.99. The summed E-state index contributed by atoms with van der Waals surface area (Å²) in [4.78, 5) is 38.7. The van der Waals surface area contributed by atoms with E-state index in [1.54, 1.807) is 7.05 Å². The second-order valence-electron chi connectivity index (χ2n) is 7.69. The molecule has 1 atom stereocenters. The van der Waals surface area contributed by atoms with Crippen LogP contribution in [0.3, 0.4) is 0 Å². The highest BCUT2D eigenvalue weighted by Gasteiger charge is 2.14. The molecule has 8 nitrogen and oxygen atoms in total. The number of carbonyl (C=O) groups is 1. The third-order valence-electron chi connectivity index (χ3n) is 5.25. The first-order chi connectivity index (χ1) is 13.8. The molecule has 2 heterocycles. The number of aromatic nitrogens is 2. The van der Waals surface area contributed by atoms with Crippen LogP contribution in [0, 0.1) is 0 Å². The maximum atomic E-state index is 12.4. The average molecular weight is 399 g/mol. The molecule has 8 heteroatoms. The topological polar surface area (TPSA) is 88.4 Å². The van der Waals surface area contributed by atoms with E-state index in [0.29, 0.717) is 12.1 Å². The summed E-state index contributed by atoms with van der Waals surface area (Å²) in [5, 5.41) is 6.14. The van der Waals surface area contributed by atoms with Crippen molar-refractivity contribution in [2.24, 2.45) is 14.1 Å². The van der Waals surface area contributed by atoms with Gasteiger partial charge in [0.05, 0.1) is 0 Å². The fourth-order valence-corrected chi connectivity index (χ4v) is 3.61. The summed E-state index contributed by atoms with van der Waals surface area (Å²) in [5.74, 6) is -0.0862. The maximum Gasteiger partial charge on any atom is 0.330 e. The Labute approximate surface area is 170 Å². The Balaban J connectivity index is 1.54. The molecule has 0 spiro atoms. The lowest BCUT2D eigenvalue weighted by molar-refractivity contribution is -0.116. The fourth-order valence-electron chi connectivity index (χ4n) is 3.61. The average Bonchev–Trinajstić information content (AvgIpc) is 3.23. The number of rotatable bonds is 7. The van der Waals surface area contributed by atoms with Crippen molar-refractivity contribution in [1.82, 2.24) is 14.5 Å². The van der Waals surface area contributed by atoms with Gasteiger partial charge in [0.1, 0.15) is 0 Å². The minimum atomic E-state index is -0.359. The summed E-state index contributed by atoms with van der Waals surface area (Å²) in [6.45, 7) is 4.30. The van der Waals surface area contributed by atoms with Crippen LogP contribution in [0.1, 0.15) is 31.7 Å². The van der Waals surface area contributed by atoms with Crippen LogP contribution in [0.25, 0.3) is 0 Å². The van der Waals surface area contributed by atoms with Gasteiger partial charge < -0.3 is 20.1 Å². The van der Waals surface area contributed by atoms with Crippen LogP contribution in [0.5, 0.6) is 0 Å². The molecule has 2 aromatic rings. The number of hydrogen-bond acceptors (Lipinski definition) is 5. The van der Waals surface area contributed by atoms with Crippen molar-refractivity contribution in [3.8, 4) is 0 Å². The number of nitrogens with one attached hydrogen (secondary N) is 2. The largest absolute Gasteiger partial charge is 0.371 e. The molecule has 3 rings (SSSR count). The molecule has 156 valence electrons. The Hall–Kier alpha value is -2.87. The molecule has 1 aromatic carbocycles. The molecular formula is C21H29N5O3. The molecule has 29 heavy (non-hydrogen) atoms. The van der Waals surface area contributed by atoms with Gasteiger partial charge in [-0.15, -0.1) is 0 Å². The van der Waals surface area contributed by atoms with Crippen LogP contribution >= 0.6 is 0 Å². The van der Waals surface area contributed by atoms with Crippen molar-refractivity contribution in [2.45, 2.75) is 38.8 Å². The summed E-state index contributed by atoms with van der Waals surface area (Å²) >= 11 is 0. The number of benzene rings is 1. The standard InChI is InChI=1S/C21H29N5O3/c1-15(22-13-16-14-24(2)21(29)25(3)20(16)28)11-19(27)23-17-7-6-8-18(12-17)26-9-4-5-10-26/h6-8,12,14-15,22H,4-5,9-11,13H2,1-3H3,(H,23,27). The Morgan fingerprint density at radius 2 is 1.90 bits per heavy atom. The van der Waals surface area contributed by atoms with Crippen LogP contribution in [-0.4, -0.2) is 34.2 Å². The Morgan fingerprint density at radius 1 is 1.17 bits per heavy atom. The van der Waals surface area contributed by atoms with Gasteiger partial charge in [-0.25, -0.2) is 4.79 Å². The van der Waals surface area contributed by atoms with Crippen molar-refractivity contribution in [2.75, 3.05) is 23.3 Å². The van der Waals surface area contributed by atoms with E-state index in [1.807, 2.05) is 25.1 Å². The van der Waals surface area contributed by atoms with Crippen LogP contribution in [-0.2, 0) is 25.4 Å². The van der Waals surface area contributed by atoms with Crippen molar-refractivity contribution < 1.29 is 4.79 Å². The third-order valence-corrected chi connectivity index (χ3v) is 5.25. The van der Waals surface area contributed by atoms with Gasteiger partial charge in [-0.1, -0.05) is 6.07 Å². The lowest BCUT2D eigenvalue weighted by atomic mass is 10.2. The summed E-state index contributed by atoms with van der Waals surface area (Å²) in [6, 6.07) is 7.80. The molecule has 1 fully saturated rings. The third kappa shape index (κ3) is 5.14. The smallest absolute Gasteiger partial charge is 0.330 e. The summed E-state index contributed by atoms with van der Waals surface area (Å²) in [6.07, 6.45) is 4.23. The first-order valence-electron chi connectivity index (χ1n) is 9.99. The normalized spacial score (nSPS) is 14.8. The SMILES string of the molecule is CC(CC(=O)Nc1cccc(N2CCCC2)c1)NCc1cn(C)c(=O)n(C)c1=O. The number of hydrogen-bond donors (Lipinski definition) is 2. The lowest BCUT2D eigenvalue weighted by Gasteiger charge is -2.19. The van der Waals surface area contributed by atoms with E-state index < -0.39 is 0 Å². The van der Waals surface area contributed by atoms with Crippen LogP contribution in [0.15, 0.2) is 40.1 Å². The van der Waals surface area contributed by atoms with Gasteiger partial charge in [-0.2, -0.15) is 0 Å². The van der Waals surface area contributed by atoms with Crippen molar-refractivity contribution in [3.05, 3.63) is 56.9 Å². The summed E-state index contributed by atoms with van der Waals surface area (Å²) in [5.41, 5.74) is 1.73. The molecule has 1 amide bonds. The van der Waals surface area contributed by atoms with E-state index in [2.05, 4.69) is 21.6 Å². The highest BCUT2D eigenvalue weighted by atomic mass is 16.2. The Kier molecular flexibility index (Phi) is 6.53. The zero-order valence-electron chi connectivity index (χ0n) is 17.3. The van der Waals surface area contributed by atoms with Gasteiger partial charge in [0.25, 0.3) is 5.56 Å². The molecule has 1 aliphatic rings. The number of carbonyl (C=O) groups excluding carboxylic acids is 1. The highest BCUT2D eigenvalue weighted by Crippen LogP contribution is 2.23. The van der Waals surface area contributed by atoms with E-state index >= 15 is 0 Å². The molecule has 1 saturated heterocycles. The minimum Gasteiger partial charge on any atom is -0.371 e. The molecular weight excluding hydrogens is 370 g/mol. The number of amides is 1. The second kappa shape index (κ2) is 9.09. The van der Waals surface area contributed by atoms with Gasteiger partial charge in [-0.3, -0.25) is 14.2 Å². The lowest BCUT2D eigenvalue weighted by Crippen LogP contribution is -2.40. The molecule has 0 radical (unpaired) electrons. The van der Waals surface area contributed by atoms with Gasteiger partial charge in [0.15, 0.2) is 0 Å². The quantitative estimate of drug-likeness (QED) is 0.730. The molecule has 1 unspecified atom stereocenters. The van der Waals surface area contributed by atoms with E-state index in [0.717, 1.165) is 29.0 Å². The van der Waals surface area contributed by atoms with Crippen LogP contribution < -0.4 is 26.8 Å².